The maximum absolute atomic E-state index is 14.6. The van der Waals surface area contributed by atoms with Gasteiger partial charge in [-0.05, 0) is 92.5 Å². The van der Waals surface area contributed by atoms with Crippen molar-refractivity contribution in [2.75, 3.05) is 45.7 Å². The van der Waals surface area contributed by atoms with Gasteiger partial charge in [0.25, 0.3) is 0 Å². The van der Waals surface area contributed by atoms with Crippen LogP contribution in [0.2, 0.25) is 0 Å². The highest BCUT2D eigenvalue weighted by molar-refractivity contribution is 6.01. The molecule has 1 aromatic carbocycles. The van der Waals surface area contributed by atoms with E-state index in [-0.39, 0.29) is 68.5 Å². The van der Waals surface area contributed by atoms with E-state index in [1.165, 1.54) is 23.9 Å². The number of aliphatic hydroxyl groups excluding tert-OH is 1. The quantitative estimate of drug-likeness (QED) is 0.108. The number of likely N-dealkylation sites (N-methyl/N-ethyl adjacent to an activating group) is 2. The Bertz CT molecular complexity index is 2130. The van der Waals surface area contributed by atoms with Crippen LogP contribution in [0.25, 0.3) is 0 Å². The minimum Gasteiger partial charge on any atom is -0.445 e. The molecule has 374 valence electrons. The van der Waals surface area contributed by atoms with E-state index >= 15 is 0 Å². The van der Waals surface area contributed by atoms with E-state index in [1.807, 2.05) is 19.9 Å². The minimum absolute atomic E-state index is 0.0244. The van der Waals surface area contributed by atoms with Gasteiger partial charge in [-0.1, -0.05) is 64.8 Å². The molecule has 1 aliphatic heterocycles. The van der Waals surface area contributed by atoms with Crippen LogP contribution in [0.4, 0.5) is 20.1 Å². The number of anilines is 1. The number of nitrogens with one attached hydrogen (secondary N) is 3. The molecule has 6 amide bonds. The number of ether oxygens (including phenoxy) is 4. The van der Waals surface area contributed by atoms with Gasteiger partial charge in [0.1, 0.15) is 12.6 Å². The molecule has 0 spiro atoms. The first-order chi connectivity index (χ1) is 32.1. The molecule has 1 heterocycles. The SMILES string of the molecule is CCCC1O[C@@H]2C[C@H]3[C@@H]4CCC5=CC(=O)C=C[C@]5(C)[C@H]4[C@@H](O)C[C@]3(C)[C@]2(C(=O)COC(=O)N(C)CCN(C)C(=O)OCc2ccc(NC(=O)[C@H](CCCNC(N)=O)NC(=O)[C@@H](N)C(C)C)cc2)O1. The lowest BCUT2D eigenvalue weighted by Gasteiger charge is -2.59. The van der Waals surface area contributed by atoms with E-state index in [9.17, 15) is 38.7 Å². The molecule has 0 aromatic heterocycles. The summed E-state index contributed by atoms with van der Waals surface area (Å²) in [6.45, 7) is 9.43. The Labute approximate surface area is 398 Å². The number of carbonyl (C=O) groups excluding carboxylic acids is 7. The fourth-order valence-corrected chi connectivity index (χ4v) is 11.4. The Morgan fingerprint density at radius 1 is 1.00 bits per heavy atom. The first kappa shape index (κ1) is 52.0. The second kappa shape index (κ2) is 21.5. The molecule has 0 bridgehead atoms. The van der Waals surface area contributed by atoms with Gasteiger partial charge in [-0.15, -0.1) is 0 Å². The summed E-state index contributed by atoms with van der Waals surface area (Å²) >= 11 is 0. The number of primary amides is 1. The lowest BCUT2D eigenvalue weighted by atomic mass is 9.46. The van der Waals surface area contributed by atoms with Crippen molar-refractivity contribution in [3.63, 3.8) is 0 Å². The van der Waals surface area contributed by atoms with Crippen LogP contribution in [-0.4, -0.2) is 133 Å². The summed E-state index contributed by atoms with van der Waals surface area (Å²) in [5.41, 5.74) is 10.5. The number of hydrogen-bond acceptors (Lipinski definition) is 13. The number of nitrogens with zero attached hydrogens (tertiary/aromatic N) is 2. The van der Waals surface area contributed by atoms with Gasteiger partial charge < -0.3 is 61.3 Å². The van der Waals surface area contributed by atoms with Gasteiger partial charge in [-0.2, -0.15) is 0 Å². The lowest BCUT2D eigenvalue weighted by molar-refractivity contribution is -0.200. The smallest absolute Gasteiger partial charge is 0.409 e. The van der Waals surface area contributed by atoms with Gasteiger partial charge >= 0.3 is 18.2 Å². The molecular weight excluding hydrogens is 879 g/mol. The van der Waals surface area contributed by atoms with Crippen LogP contribution in [0.3, 0.4) is 0 Å². The molecule has 3 saturated carbocycles. The van der Waals surface area contributed by atoms with Crippen LogP contribution in [0.15, 0.2) is 48.1 Å². The molecule has 19 nitrogen and oxygen atoms in total. The highest BCUT2D eigenvalue weighted by Gasteiger charge is 2.76. The molecule has 4 aliphatic carbocycles. The summed E-state index contributed by atoms with van der Waals surface area (Å²) in [7, 11) is 3.02. The molecular formula is C49H71N7O12. The maximum Gasteiger partial charge on any atom is 0.409 e. The number of amides is 6. The van der Waals surface area contributed by atoms with Gasteiger partial charge in [0.05, 0.1) is 18.2 Å². The van der Waals surface area contributed by atoms with Crippen LogP contribution in [0.5, 0.6) is 0 Å². The molecule has 1 aromatic rings. The van der Waals surface area contributed by atoms with Crippen molar-refractivity contribution in [3.05, 3.63) is 53.6 Å². The zero-order chi connectivity index (χ0) is 49.7. The molecule has 6 rings (SSSR count). The van der Waals surface area contributed by atoms with Gasteiger partial charge in [-0.25, -0.2) is 14.4 Å². The number of aliphatic hydroxyl groups is 1. The zero-order valence-electron chi connectivity index (χ0n) is 40.4. The monoisotopic (exact) mass is 950 g/mol. The number of nitrogens with two attached hydrogens (primary N) is 2. The van der Waals surface area contributed by atoms with Crippen molar-refractivity contribution < 1.29 is 57.6 Å². The summed E-state index contributed by atoms with van der Waals surface area (Å²) in [6.07, 6.45) is 6.12. The normalized spacial score (nSPS) is 29.8. The van der Waals surface area contributed by atoms with Crippen LogP contribution in [-0.2, 0) is 44.7 Å². The van der Waals surface area contributed by atoms with Crippen molar-refractivity contribution in [1.29, 1.82) is 0 Å². The molecule has 4 fully saturated rings. The molecule has 1 unspecified atom stereocenters. The first-order valence-electron chi connectivity index (χ1n) is 23.9. The number of fused-ring (bicyclic) bond motifs is 7. The summed E-state index contributed by atoms with van der Waals surface area (Å²) < 4.78 is 24.3. The van der Waals surface area contributed by atoms with E-state index in [0.29, 0.717) is 30.5 Å². The highest BCUT2D eigenvalue weighted by atomic mass is 16.7. The first-order valence-corrected chi connectivity index (χ1v) is 23.9. The van der Waals surface area contributed by atoms with Crippen LogP contribution in [0.1, 0.15) is 91.5 Å². The maximum atomic E-state index is 14.6. The summed E-state index contributed by atoms with van der Waals surface area (Å²) in [5, 5.41) is 19.9. The number of allylic oxidation sites excluding steroid dienone is 4. The number of rotatable bonds is 19. The third kappa shape index (κ3) is 10.7. The van der Waals surface area contributed by atoms with E-state index in [2.05, 4.69) is 22.9 Å². The summed E-state index contributed by atoms with van der Waals surface area (Å²) in [6, 6.07) is 4.14. The Hall–Kier alpha value is -5.37. The van der Waals surface area contributed by atoms with Crippen molar-refractivity contribution >= 4 is 47.3 Å². The Balaban J connectivity index is 0.989. The molecule has 1 saturated heterocycles. The minimum atomic E-state index is -1.44. The summed E-state index contributed by atoms with van der Waals surface area (Å²) in [5.74, 6) is -1.69. The molecule has 0 radical (unpaired) electrons. The predicted octanol–water partition coefficient (Wildman–Crippen LogP) is 3.92. The van der Waals surface area contributed by atoms with Crippen LogP contribution >= 0.6 is 0 Å². The third-order valence-electron chi connectivity index (χ3n) is 15.2. The van der Waals surface area contributed by atoms with Gasteiger partial charge in [0, 0.05) is 56.2 Å². The Morgan fingerprint density at radius 3 is 2.32 bits per heavy atom. The second-order valence-corrected chi connectivity index (χ2v) is 20.0. The van der Waals surface area contributed by atoms with E-state index < -0.39 is 89.4 Å². The van der Waals surface area contributed by atoms with Crippen LogP contribution < -0.4 is 27.4 Å². The topological polar surface area (TPSA) is 271 Å². The Kier molecular flexibility index (Phi) is 16.5. The third-order valence-corrected chi connectivity index (χ3v) is 15.2. The number of ketones is 2. The van der Waals surface area contributed by atoms with Gasteiger partial charge in [0.15, 0.2) is 24.3 Å². The number of benzene rings is 1. The standard InChI is InChI=1S/C49H71N7O12/c1-8-10-39-67-38-24-34-33-17-14-30-23-32(57)18-19-47(30,4)40(33)36(58)25-48(34,5)49(38,68-39)37(59)27-66-46(64)56(7)22-21-55(6)45(63)65-26-29-12-15-31(16-13-29)53-42(60)35(11-9-20-52-44(51)62)54-43(61)41(50)28(2)3/h12-13,15-16,18-19,23,28,33-36,38-41,58H,8-11,14,17,20-22,24-27,50H2,1-7H3,(H,53,60)(H,54,61)(H3,51,52,62)/t33-,34-,35-,36-,38+,39?,40+,41-,47-,48-,49+/m0/s1. The van der Waals surface area contributed by atoms with Crippen molar-refractivity contribution in [2.24, 2.45) is 46.0 Å². The number of carbonyl (C=O) groups is 7. The average molecular weight is 950 g/mol. The number of urea groups is 1. The van der Waals surface area contributed by atoms with Crippen molar-refractivity contribution in [3.8, 4) is 0 Å². The predicted molar refractivity (Wildman–Crippen MR) is 249 cm³/mol. The van der Waals surface area contributed by atoms with Gasteiger partial charge in [-0.3, -0.25) is 19.2 Å². The highest BCUT2D eigenvalue weighted by Crippen LogP contribution is 2.69. The van der Waals surface area contributed by atoms with E-state index in [0.717, 1.165) is 24.8 Å². The second-order valence-electron chi connectivity index (χ2n) is 20.0. The average Bonchev–Trinajstić information content (AvgIpc) is 3.78. The Morgan fingerprint density at radius 2 is 1.68 bits per heavy atom. The largest absolute Gasteiger partial charge is 0.445 e. The fraction of sp³-hybridized carbons (Fsp3) is 0.653. The number of Topliss-reactive ketones (excluding diaryl/α,β-unsaturated/α-hetero) is 1. The zero-order valence-corrected chi connectivity index (χ0v) is 40.4. The van der Waals surface area contributed by atoms with E-state index in [4.69, 9.17) is 30.4 Å². The summed E-state index contributed by atoms with van der Waals surface area (Å²) in [4.78, 5) is 92.7. The molecule has 19 heteroatoms. The fourth-order valence-electron chi connectivity index (χ4n) is 11.4. The van der Waals surface area contributed by atoms with Crippen molar-refractivity contribution in [2.45, 2.75) is 129 Å². The van der Waals surface area contributed by atoms with E-state index in [1.54, 1.807) is 50.3 Å². The number of hydrogen-bond donors (Lipinski definition) is 6. The molecule has 68 heavy (non-hydrogen) atoms. The molecule has 11 atom stereocenters. The van der Waals surface area contributed by atoms with Crippen molar-refractivity contribution in [1.82, 2.24) is 20.4 Å². The lowest BCUT2D eigenvalue weighted by Crippen LogP contribution is -2.63. The molecule has 8 N–H and O–H groups in total. The van der Waals surface area contributed by atoms with Gasteiger partial charge in [0.2, 0.25) is 17.6 Å². The van der Waals surface area contributed by atoms with Crippen LogP contribution in [0, 0.1) is 34.5 Å². The molecule has 5 aliphatic rings.